The molecule has 2 rings (SSSR count). The van der Waals surface area contributed by atoms with Crippen molar-refractivity contribution in [3.05, 3.63) is 40.7 Å². The summed E-state index contributed by atoms with van der Waals surface area (Å²) in [5, 5.41) is 2.60. The van der Waals surface area contributed by atoms with E-state index in [2.05, 4.69) is 15.3 Å². The SMILES string of the molecule is COc1ccccc1NC(=O)[C@H](C)Sc1nc(N)cc(=O)[nH]1. The van der Waals surface area contributed by atoms with Gasteiger partial charge in [-0.25, -0.2) is 4.98 Å². The maximum absolute atomic E-state index is 12.2. The molecule has 0 aliphatic carbocycles. The van der Waals surface area contributed by atoms with E-state index >= 15 is 0 Å². The summed E-state index contributed by atoms with van der Waals surface area (Å²) < 4.78 is 5.18. The lowest BCUT2D eigenvalue weighted by atomic mass is 10.3. The molecule has 1 heterocycles. The highest BCUT2D eigenvalue weighted by Gasteiger charge is 2.17. The molecule has 22 heavy (non-hydrogen) atoms. The Morgan fingerprint density at radius 3 is 2.86 bits per heavy atom. The standard InChI is InChI=1S/C14H16N4O3S/c1-8(22-14-17-11(15)7-12(19)18-14)13(20)16-9-5-3-4-6-10(9)21-2/h3-8H,1-2H3,(H,16,20)(H3,15,17,18,19)/t8-/m0/s1. The Hall–Kier alpha value is -2.48. The van der Waals surface area contributed by atoms with Crippen molar-refractivity contribution in [1.82, 2.24) is 9.97 Å². The number of benzene rings is 1. The van der Waals surface area contributed by atoms with Gasteiger partial charge in [0.2, 0.25) is 5.91 Å². The second kappa shape index (κ2) is 6.99. The van der Waals surface area contributed by atoms with E-state index in [1.807, 2.05) is 6.07 Å². The van der Waals surface area contributed by atoms with Crippen LogP contribution in [0.25, 0.3) is 0 Å². The Balaban J connectivity index is 2.07. The van der Waals surface area contributed by atoms with Gasteiger partial charge >= 0.3 is 0 Å². The van der Waals surface area contributed by atoms with Gasteiger partial charge in [-0.15, -0.1) is 0 Å². The Morgan fingerprint density at radius 1 is 1.45 bits per heavy atom. The molecule has 0 unspecified atom stereocenters. The number of amides is 1. The van der Waals surface area contributed by atoms with Gasteiger partial charge in [0.25, 0.3) is 5.56 Å². The van der Waals surface area contributed by atoms with Crippen LogP contribution in [0.1, 0.15) is 6.92 Å². The van der Waals surface area contributed by atoms with E-state index in [0.717, 1.165) is 11.8 Å². The van der Waals surface area contributed by atoms with Crippen LogP contribution in [0.5, 0.6) is 5.75 Å². The van der Waals surface area contributed by atoms with Gasteiger partial charge in [-0.2, -0.15) is 0 Å². The first kappa shape index (κ1) is 15.9. The first-order chi connectivity index (χ1) is 10.5. The van der Waals surface area contributed by atoms with Crippen LogP contribution in [0.3, 0.4) is 0 Å². The van der Waals surface area contributed by atoms with Gasteiger partial charge < -0.3 is 20.8 Å². The van der Waals surface area contributed by atoms with E-state index < -0.39 is 5.25 Å². The number of rotatable bonds is 5. The number of ether oxygens (including phenoxy) is 1. The van der Waals surface area contributed by atoms with Gasteiger partial charge in [-0.1, -0.05) is 23.9 Å². The molecule has 0 saturated carbocycles. The molecule has 1 aromatic heterocycles. The van der Waals surface area contributed by atoms with E-state index in [-0.39, 0.29) is 17.3 Å². The van der Waals surface area contributed by atoms with E-state index in [9.17, 15) is 9.59 Å². The minimum Gasteiger partial charge on any atom is -0.495 e. The van der Waals surface area contributed by atoms with Crippen LogP contribution in [0, 0.1) is 0 Å². The predicted molar refractivity (Wildman–Crippen MR) is 86.2 cm³/mol. The number of methoxy groups -OCH3 is 1. The minimum atomic E-state index is -0.477. The summed E-state index contributed by atoms with van der Waals surface area (Å²) in [6.07, 6.45) is 0. The smallest absolute Gasteiger partial charge is 0.253 e. The third-order valence-electron chi connectivity index (χ3n) is 2.76. The van der Waals surface area contributed by atoms with Gasteiger partial charge in [0, 0.05) is 6.07 Å². The maximum Gasteiger partial charge on any atom is 0.253 e. The molecule has 0 fully saturated rings. The molecule has 0 aliphatic heterocycles. The van der Waals surface area contributed by atoms with E-state index in [1.54, 1.807) is 25.1 Å². The highest BCUT2D eigenvalue weighted by molar-refractivity contribution is 8.00. The average molecular weight is 320 g/mol. The zero-order chi connectivity index (χ0) is 16.1. The van der Waals surface area contributed by atoms with Crippen LogP contribution in [0.15, 0.2) is 40.3 Å². The molecule has 0 radical (unpaired) electrons. The lowest BCUT2D eigenvalue weighted by molar-refractivity contribution is -0.115. The predicted octanol–water partition coefficient (Wildman–Crippen LogP) is 1.48. The first-order valence-corrected chi connectivity index (χ1v) is 7.35. The second-order valence-electron chi connectivity index (χ2n) is 4.43. The number of hydrogen-bond acceptors (Lipinski definition) is 6. The summed E-state index contributed by atoms with van der Waals surface area (Å²) in [5.41, 5.74) is 5.74. The molecule has 4 N–H and O–H groups in total. The topological polar surface area (TPSA) is 110 Å². The van der Waals surface area contributed by atoms with Crippen molar-refractivity contribution in [2.24, 2.45) is 0 Å². The van der Waals surface area contributed by atoms with E-state index in [4.69, 9.17) is 10.5 Å². The fraction of sp³-hybridized carbons (Fsp3) is 0.214. The van der Waals surface area contributed by atoms with Crippen molar-refractivity contribution in [3.8, 4) is 5.75 Å². The number of thioether (sulfide) groups is 1. The van der Waals surface area contributed by atoms with Crippen LogP contribution in [-0.2, 0) is 4.79 Å². The summed E-state index contributed by atoms with van der Waals surface area (Å²) in [7, 11) is 1.53. The molecule has 0 saturated heterocycles. The first-order valence-electron chi connectivity index (χ1n) is 6.47. The number of nitrogens with one attached hydrogen (secondary N) is 2. The van der Waals surface area contributed by atoms with Crippen molar-refractivity contribution >= 4 is 29.2 Å². The molecule has 0 spiro atoms. The van der Waals surface area contributed by atoms with Crippen molar-refractivity contribution in [2.45, 2.75) is 17.3 Å². The van der Waals surface area contributed by atoms with Crippen LogP contribution in [0.4, 0.5) is 11.5 Å². The number of H-pyrrole nitrogens is 1. The fourth-order valence-corrected chi connectivity index (χ4v) is 2.53. The van der Waals surface area contributed by atoms with Crippen molar-refractivity contribution in [1.29, 1.82) is 0 Å². The summed E-state index contributed by atoms with van der Waals surface area (Å²) in [6.45, 7) is 1.71. The molecular weight excluding hydrogens is 304 g/mol. The lowest BCUT2D eigenvalue weighted by Gasteiger charge is -2.13. The molecule has 7 nitrogen and oxygen atoms in total. The number of nitrogens with zero attached hydrogens (tertiary/aromatic N) is 1. The lowest BCUT2D eigenvalue weighted by Crippen LogP contribution is -2.23. The van der Waals surface area contributed by atoms with Gasteiger partial charge in [-0.05, 0) is 19.1 Å². The van der Waals surface area contributed by atoms with Crippen molar-refractivity contribution in [3.63, 3.8) is 0 Å². The monoisotopic (exact) mass is 320 g/mol. The number of carbonyl (C=O) groups is 1. The summed E-state index contributed by atoms with van der Waals surface area (Å²) in [4.78, 5) is 30.1. The third-order valence-corrected chi connectivity index (χ3v) is 3.75. The Labute approximate surface area is 131 Å². The molecule has 0 bridgehead atoms. The number of para-hydroxylation sites is 2. The van der Waals surface area contributed by atoms with Crippen LogP contribution in [0.2, 0.25) is 0 Å². The van der Waals surface area contributed by atoms with Gasteiger partial charge in [0.15, 0.2) is 5.16 Å². The Morgan fingerprint density at radius 2 is 2.18 bits per heavy atom. The number of anilines is 2. The molecule has 1 amide bonds. The van der Waals surface area contributed by atoms with Gasteiger partial charge in [0.05, 0.1) is 18.0 Å². The molecule has 8 heteroatoms. The highest BCUT2D eigenvalue weighted by atomic mass is 32.2. The number of aromatic amines is 1. The molecule has 116 valence electrons. The zero-order valence-corrected chi connectivity index (χ0v) is 12.9. The normalized spacial score (nSPS) is 11.7. The Kier molecular flexibility index (Phi) is 5.05. The van der Waals surface area contributed by atoms with Crippen LogP contribution < -0.4 is 21.3 Å². The molecular formula is C14H16N4O3S. The summed E-state index contributed by atoms with van der Waals surface area (Å²) in [5.74, 6) is 0.451. The van der Waals surface area contributed by atoms with Gasteiger partial charge in [0.1, 0.15) is 11.6 Å². The van der Waals surface area contributed by atoms with Crippen molar-refractivity contribution in [2.75, 3.05) is 18.2 Å². The zero-order valence-electron chi connectivity index (χ0n) is 12.1. The Bertz CT molecular complexity index is 732. The van der Waals surface area contributed by atoms with E-state index in [1.165, 1.54) is 13.2 Å². The second-order valence-corrected chi connectivity index (χ2v) is 5.75. The maximum atomic E-state index is 12.2. The number of nitrogens with two attached hydrogens (primary N) is 1. The summed E-state index contributed by atoms with van der Waals surface area (Å²) >= 11 is 1.11. The molecule has 1 aromatic carbocycles. The van der Waals surface area contributed by atoms with Crippen molar-refractivity contribution < 1.29 is 9.53 Å². The quantitative estimate of drug-likeness (QED) is 0.568. The molecule has 1 atom stereocenters. The highest BCUT2D eigenvalue weighted by Crippen LogP contribution is 2.25. The minimum absolute atomic E-state index is 0.114. The van der Waals surface area contributed by atoms with Crippen LogP contribution >= 0.6 is 11.8 Å². The number of nitrogen functional groups attached to an aromatic ring is 1. The van der Waals surface area contributed by atoms with Crippen LogP contribution in [-0.4, -0.2) is 28.2 Å². The van der Waals surface area contributed by atoms with Gasteiger partial charge in [-0.3, -0.25) is 9.59 Å². The average Bonchev–Trinajstić information content (AvgIpc) is 2.46. The largest absolute Gasteiger partial charge is 0.495 e. The summed E-state index contributed by atoms with van der Waals surface area (Å²) in [6, 6.07) is 8.30. The molecule has 0 aliphatic rings. The molecule has 2 aromatic rings. The fourth-order valence-electron chi connectivity index (χ4n) is 1.71. The number of carbonyl (C=O) groups excluding carboxylic acids is 1. The number of aromatic nitrogens is 2. The number of hydrogen-bond donors (Lipinski definition) is 3. The third kappa shape index (κ3) is 4.01. The van der Waals surface area contributed by atoms with E-state index in [0.29, 0.717) is 16.6 Å².